The van der Waals surface area contributed by atoms with E-state index in [1.54, 1.807) is 26.0 Å². The van der Waals surface area contributed by atoms with Crippen LogP contribution in [0.4, 0.5) is 10.5 Å². The number of urea groups is 1. The number of nitrogens with one attached hydrogen (secondary N) is 2. The van der Waals surface area contributed by atoms with Crippen molar-refractivity contribution in [2.45, 2.75) is 50.5 Å². The number of benzene rings is 3. The normalized spacial score (nSPS) is 15.2. The van der Waals surface area contributed by atoms with Gasteiger partial charge in [-0.25, -0.2) is 4.79 Å². The monoisotopic (exact) mass is 594 g/mol. The molecule has 0 saturated carbocycles. The first kappa shape index (κ1) is 30.7. The van der Waals surface area contributed by atoms with Gasteiger partial charge in [-0.2, -0.15) is 0 Å². The molecule has 0 aromatic heterocycles. The minimum Gasteiger partial charge on any atom is -0.371 e. The fourth-order valence-corrected chi connectivity index (χ4v) is 6.10. The first-order valence-electron chi connectivity index (χ1n) is 14.2. The minimum atomic E-state index is -0.357. The molecule has 1 aliphatic heterocycles. The summed E-state index contributed by atoms with van der Waals surface area (Å²) in [6, 6.07) is 22.0. The lowest BCUT2D eigenvalue weighted by Crippen LogP contribution is -2.58. The van der Waals surface area contributed by atoms with E-state index in [4.69, 9.17) is 23.2 Å². The van der Waals surface area contributed by atoms with Gasteiger partial charge in [0, 0.05) is 51.0 Å². The van der Waals surface area contributed by atoms with Gasteiger partial charge in [0.15, 0.2) is 0 Å². The van der Waals surface area contributed by atoms with Crippen molar-refractivity contribution in [3.05, 3.63) is 99.0 Å². The van der Waals surface area contributed by atoms with Gasteiger partial charge < -0.3 is 20.4 Å². The average molecular weight is 596 g/mol. The molecule has 218 valence electrons. The SMILES string of the molecule is CCC(Cc1c(C(=O)NC)cccc1N1CCC(Cc2ccccc2)(NC(=O)N(C)C)CC1)c1ccc(Cl)c(Cl)c1. The van der Waals surface area contributed by atoms with Crippen molar-refractivity contribution >= 4 is 40.8 Å². The lowest BCUT2D eigenvalue weighted by Gasteiger charge is -2.44. The van der Waals surface area contributed by atoms with Crippen molar-refractivity contribution in [2.24, 2.45) is 0 Å². The van der Waals surface area contributed by atoms with Gasteiger partial charge in [0.05, 0.1) is 10.0 Å². The summed E-state index contributed by atoms with van der Waals surface area (Å²) in [6.07, 6.45) is 3.92. The van der Waals surface area contributed by atoms with Crippen LogP contribution in [0.3, 0.4) is 0 Å². The zero-order chi connectivity index (χ0) is 29.6. The van der Waals surface area contributed by atoms with E-state index in [2.05, 4.69) is 40.7 Å². The number of hydrogen-bond donors (Lipinski definition) is 2. The molecule has 1 unspecified atom stereocenters. The molecule has 1 heterocycles. The number of carbonyl (C=O) groups excluding carboxylic acids is 2. The average Bonchev–Trinajstić information content (AvgIpc) is 2.97. The maximum Gasteiger partial charge on any atom is 0.317 e. The standard InChI is InChI=1S/C33H40Cl2N4O2/c1-5-24(25-14-15-28(34)29(35)21-25)20-27-26(31(40)36-2)12-9-13-30(27)39-18-16-33(17-19-39,37-32(41)38(3)4)22-23-10-7-6-8-11-23/h6-15,21,24H,5,16-20,22H2,1-4H3,(H,36,40)(H,37,41). The van der Waals surface area contributed by atoms with Gasteiger partial charge in [0.1, 0.15) is 0 Å². The van der Waals surface area contributed by atoms with Crippen LogP contribution in [0.2, 0.25) is 10.0 Å². The molecular formula is C33H40Cl2N4O2. The van der Waals surface area contributed by atoms with Crippen LogP contribution in [0.25, 0.3) is 0 Å². The lowest BCUT2D eigenvalue weighted by molar-refractivity contribution is 0.0962. The maximum absolute atomic E-state index is 13.0. The Bertz CT molecular complexity index is 1350. The van der Waals surface area contributed by atoms with Crippen molar-refractivity contribution in [2.75, 3.05) is 39.1 Å². The molecule has 0 spiro atoms. The summed E-state index contributed by atoms with van der Waals surface area (Å²) in [6.45, 7) is 3.67. The van der Waals surface area contributed by atoms with Gasteiger partial charge in [-0.3, -0.25) is 4.79 Å². The fraction of sp³-hybridized carbons (Fsp3) is 0.394. The fourth-order valence-electron chi connectivity index (χ4n) is 5.79. The molecule has 1 atom stereocenters. The molecular weight excluding hydrogens is 555 g/mol. The Kier molecular flexibility index (Phi) is 10.2. The zero-order valence-corrected chi connectivity index (χ0v) is 25.9. The van der Waals surface area contributed by atoms with Crippen LogP contribution < -0.4 is 15.5 Å². The number of piperidine rings is 1. The van der Waals surface area contributed by atoms with Gasteiger partial charge in [0.2, 0.25) is 0 Å². The Hall–Kier alpha value is -3.22. The molecule has 4 rings (SSSR count). The molecule has 6 nitrogen and oxygen atoms in total. The van der Waals surface area contributed by atoms with E-state index in [0.29, 0.717) is 22.0 Å². The molecule has 1 fully saturated rings. The Morgan fingerprint density at radius 3 is 2.29 bits per heavy atom. The number of rotatable bonds is 9. The highest BCUT2D eigenvalue weighted by Crippen LogP contribution is 2.37. The molecule has 1 aliphatic rings. The summed E-state index contributed by atoms with van der Waals surface area (Å²) >= 11 is 12.6. The van der Waals surface area contributed by atoms with Crippen LogP contribution in [0.5, 0.6) is 0 Å². The number of halogens is 2. The van der Waals surface area contributed by atoms with Gasteiger partial charge in [-0.1, -0.05) is 72.6 Å². The molecule has 2 N–H and O–H groups in total. The van der Waals surface area contributed by atoms with Crippen LogP contribution in [-0.2, 0) is 12.8 Å². The van der Waals surface area contributed by atoms with E-state index >= 15 is 0 Å². The predicted octanol–water partition coefficient (Wildman–Crippen LogP) is 6.94. The van der Waals surface area contributed by atoms with Crippen LogP contribution in [-0.4, -0.2) is 56.6 Å². The van der Waals surface area contributed by atoms with E-state index in [1.165, 1.54) is 5.56 Å². The summed E-state index contributed by atoms with van der Waals surface area (Å²) in [4.78, 5) is 29.8. The summed E-state index contributed by atoms with van der Waals surface area (Å²) in [7, 11) is 5.21. The van der Waals surface area contributed by atoms with Crippen molar-refractivity contribution < 1.29 is 9.59 Å². The van der Waals surface area contributed by atoms with Crippen LogP contribution >= 0.6 is 23.2 Å². The first-order chi connectivity index (χ1) is 19.7. The van der Waals surface area contributed by atoms with Gasteiger partial charge in [-0.05, 0) is 79.0 Å². The highest BCUT2D eigenvalue weighted by Gasteiger charge is 2.37. The topological polar surface area (TPSA) is 64.7 Å². The molecule has 0 radical (unpaired) electrons. The second kappa shape index (κ2) is 13.6. The van der Waals surface area contributed by atoms with E-state index in [0.717, 1.165) is 55.6 Å². The summed E-state index contributed by atoms with van der Waals surface area (Å²) in [5, 5.41) is 7.24. The van der Waals surface area contributed by atoms with Crippen molar-refractivity contribution in [1.82, 2.24) is 15.5 Å². The highest BCUT2D eigenvalue weighted by molar-refractivity contribution is 6.42. The number of nitrogens with zero attached hydrogens (tertiary/aromatic N) is 2. The quantitative estimate of drug-likeness (QED) is 0.282. The smallest absolute Gasteiger partial charge is 0.317 e. The second-order valence-electron chi connectivity index (χ2n) is 11.1. The molecule has 0 aliphatic carbocycles. The van der Waals surface area contributed by atoms with Gasteiger partial charge >= 0.3 is 6.03 Å². The molecule has 41 heavy (non-hydrogen) atoms. The van der Waals surface area contributed by atoms with Crippen LogP contribution in [0.15, 0.2) is 66.7 Å². The lowest BCUT2D eigenvalue weighted by atomic mass is 9.81. The Balaban J connectivity index is 1.65. The predicted molar refractivity (Wildman–Crippen MR) is 170 cm³/mol. The molecule has 8 heteroatoms. The third kappa shape index (κ3) is 7.35. The Labute approximate surface area is 254 Å². The van der Waals surface area contributed by atoms with Crippen LogP contribution in [0.1, 0.15) is 59.2 Å². The first-order valence-corrected chi connectivity index (χ1v) is 15.0. The number of anilines is 1. The minimum absolute atomic E-state index is 0.0795. The molecule has 3 aromatic carbocycles. The van der Waals surface area contributed by atoms with Crippen LogP contribution in [0, 0.1) is 0 Å². The van der Waals surface area contributed by atoms with Gasteiger partial charge in [-0.15, -0.1) is 0 Å². The Morgan fingerprint density at radius 2 is 1.68 bits per heavy atom. The number of hydrogen-bond acceptors (Lipinski definition) is 3. The van der Waals surface area contributed by atoms with Gasteiger partial charge in [0.25, 0.3) is 5.91 Å². The number of carbonyl (C=O) groups is 2. The molecule has 0 bridgehead atoms. The van der Waals surface area contributed by atoms with E-state index in [9.17, 15) is 9.59 Å². The van der Waals surface area contributed by atoms with Crippen molar-refractivity contribution in [3.63, 3.8) is 0 Å². The number of amides is 3. The van der Waals surface area contributed by atoms with Crippen molar-refractivity contribution in [3.8, 4) is 0 Å². The summed E-state index contributed by atoms with van der Waals surface area (Å²) in [5.41, 5.74) is 4.73. The molecule has 3 amide bonds. The third-order valence-corrected chi connectivity index (χ3v) is 8.95. The second-order valence-corrected chi connectivity index (χ2v) is 11.9. The molecule has 1 saturated heterocycles. The largest absolute Gasteiger partial charge is 0.371 e. The molecule has 3 aromatic rings. The summed E-state index contributed by atoms with van der Waals surface area (Å²) in [5.74, 6) is 0.0650. The summed E-state index contributed by atoms with van der Waals surface area (Å²) < 4.78 is 0. The van der Waals surface area contributed by atoms with E-state index in [-0.39, 0.29) is 23.4 Å². The maximum atomic E-state index is 13.0. The van der Waals surface area contributed by atoms with E-state index in [1.807, 2.05) is 48.5 Å². The van der Waals surface area contributed by atoms with E-state index < -0.39 is 0 Å². The highest BCUT2D eigenvalue weighted by atomic mass is 35.5. The Morgan fingerprint density at radius 1 is 0.976 bits per heavy atom. The third-order valence-electron chi connectivity index (χ3n) is 8.21. The zero-order valence-electron chi connectivity index (χ0n) is 24.3. The van der Waals surface area contributed by atoms with Crippen molar-refractivity contribution in [1.29, 1.82) is 0 Å².